The largest absolute Gasteiger partial charge is 0.322 e. The fourth-order valence-corrected chi connectivity index (χ4v) is 2.65. The Labute approximate surface area is 152 Å². The van der Waals surface area contributed by atoms with E-state index in [2.05, 4.69) is 10.3 Å². The summed E-state index contributed by atoms with van der Waals surface area (Å²) in [6.07, 6.45) is 3.86. The molecule has 2 amide bonds. The molecule has 1 heterocycles. The predicted octanol–water partition coefficient (Wildman–Crippen LogP) is 4.50. The van der Waals surface area contributed by atoms with Crippen molar-refractivity contribution in [2.75, 3.05) is 11.9 Å². The summed E-state index contributed by atoms with van der Waals surface area (Å²) >= 11 is 0. The summed E-state index contributed by atoms with van der Waals surface area (Å²) in [6, 6.07) is 19.4. The number of pyridine rings is 1. The molecule has 1 aromatic heterocycles. The van der Waals surface area contributed by atoms with Crippen LogP contribution in [0.25, 0.3) is 0 Å². The number of benzene rings is 2. The number of nitrogens with zero attached hydrogens (tertiary/aromatic N) is 2. The number of carbonyl (C=O) groups excluding carboxylic acids is 1. The predicted molar refractivity (Wildman–Crippen MR) is 100 cm³/mol. The Morgan fingerprint density at radius 3 is 2.50 bits per heavy atom. The van der Waals surface area contributed by atoms with E-state index in [0.717, 1.165) is 11.3 Å². The van der Waals surface area contributed by atoms with Crippen LogP contribution in [0.15, 0.2) is 79.1 Å². The Morgan fingerprint density at radius 1 is 1.00 bits per heavy atom. The van der Waals surface area contributed by atoms with Gasteiger partial charge in [0.2, 0.25) is 0 Å². The van der Waals surface area contributed by atoms with E-state index in [0.29, 0.717) is 25.1 Å². The van der Waals surface area contributed by atoms with Crippen LogP contribution in [0.4, 0.5) is 14.9 Å². The van der Waals surface area contributed by atoms with Gasteiger partial charge in [-0.2, -0.15) is 0 Å². The standard InChI is InChI=1S/C21H20FN3O/c22-20-11-5-4-8-18(20)12-14-25(16-17-7-6-13-23-15-17)21(26)24-19-9-2-1-3-10-19/h1-11,13,15H,12,14,16H2,(H,24,26). The third-order valence-electron chi connectivity index (χ3n) is 4.02. The molecule has 5 heteroatoms. The number of nitrogens with one attached hydrogen (secondary N) is 1. The van der Waals surface area contributed by atoms with Gasteiger partial charge in [0.25, 0.3) is 0 Å². The van der Waals surface area contributed by atoms with Gasteiger partial charge in [-0.25, -0.2) is 9.18 Å². The van der Waals surface area contributed by atoms with E-state index < -0.39 is 0 Å². The smallest absolute Gasteiger partial charge is 0.320 e. The van der Waals surface area contributed by atoms with E-state index in [1.807, 2.05) is 42.5 Å². The van der Waals surface area contributed by atoms with Gasteiger partial charge in [-0.3, -0.25) is 4.98 Å². The molecule has 3 aromatic rings. The summed E-state index contributed by atoms with van der Waals surface area (Å²) in [7, 11) is 0. The molecule has 132 valence electrons. The van der Waals surface area contributed by atoms with Crippen LogP contribution < -0.4 is 5.32 Å². The molecule has 0 saturated heterocycles. The lowest BCUT2D eigenvalue weighted by atomic mass is 10.1. The van der Waals surface area contributed by atoms with E-state index in [4.69, 9.17) is 0 Å². The number of carbonyl (C=O) groups is 1. The Morgan fingerprint density at radius 2 is 1.77 bits per heavy atom. The van der Waals surface area contributed by atoms with E-state index in [1.54, 1.807) is 35.5 Å². The molecule has 0 radical (unpaired) electrons. The summed E-state index contributed by atoms with van der Waals surface area (Å²) in [5, 5.41) is 2.89. The fourth-order valence-electron chi connectivity index (χ4n) is 2.65. The Bertz CT molecular complexity index is 840. The molecule has 0 saturated carbocycles. The average Bonchev–Trinajstić information content (AvgIpc) is 2.68. The first-order chi connectivity index (χ1) is 12.7. The topological polar surface area (TPSA) is 45.2 Å². The van der Waals surface area contributed by atoms with Gasteiger partial charge in [-0.05, 0) is 41.8 Å². The quantitative estimate of drug-likeness (QED) is 0.712. The van der Waals surface area contributed by atoms with Gasteiger partial charge < -0.3 is 10.2 Å². The second kappa shape index (κ2) is 8.76. The summed E-state index contributed by atoms with van der Waals surface area (Å²) in [5.74, 6) is -0.253. The van der Waals surface area contributed by atoms with Gasteiger partial charge in [0.05, 0.1) is 0 Å². The Hall–Kier alpha value is -3.21. The highest BCUT2D eigenvalue weighted by Gasteiger charge is 2.15. The third-order valence-corrected chi connectivity index (χ3v) is 4.02. The van der Waals surface area contributed by atoms with Crippen molar-refractivity contribution >= 4 is 11.7 Å². The highest BCUT2D eigenvalue weighted by molar-refractivity contribution is 5.89. The Balaban J connectivity index is 1.72. The molecule has 0 atom stereocenters. The minimum absolute atomic E-state index is 0.226. The average molecular weight is 349 g/mol. The zero-order chi connectivity index (χ0) is 18.2. The monoisotopic (exact) mass is 349 g/mol. The highest BCUT2D eigenvalue weighted by Crippen LogP contribution is 2.12. The molecule has 0 bridgehead atoms. The van der Waals surface area contributed by atoms with Crippen LogP contribution in [0.3, 0.4) is 0 Å². The maximum absolute atomic E-state index is 13.9. The number of para-hydroxylation sites is 1. The number of anilines is 1. The molecule has 4 nitrogen and oxygen atoms in total. The van der Waals surface area contributed by atoms with Crippen molar-refractivity contribution in [3.05, 3.63) is 96.1 Å². The summed E-state index contributed by atoms with van der Waals surface area (Å²) in [4.78, 5) is 18.5. The van der Waals surface area contributed by atoms with Crippen molar-refractivity contribution in [3.8, 4) is 0 Å². The van der Waals surface area contributed by atoms with Crippen LogP contribution >= 0.6 is 0 Å². The van der Waals surface area contributed by atoms with E-state index in [1.165, 1.54) is 6.07 Å². The molecule has 26 heavy (non-hydrogen) atoms. The van der Waals surface area contributed by atoms with Crippen LogP contribution in [-0.2, 0) is 13.0 Å². The van der Waals surface area contributed by atoms with Crippen molar-refractivity contribution in [1.29, 1.82) is 0 Å². The highest BCUT2D eigenvalue weighted by atomic mass is 19.1. The minimum Gasteiger partial charge on any atom is -0.320 e. The molecule has 0 aliphatic rings. The van der Waals surface area contributed by atoms with E-state index in [9.17, 15) is 9.18 Å². The lowest BCUT2D eigenvalue weighted by Gasteiger charge is -2.23. The second-order valence-corrected chi connectivity index (χ2v) is 5.92. The molecular weight excluding hydrogens is 329 g/mol. The number of rotatable bonds is 6. The lowest BCUT2D eigenvalue weighted by Crippen LogP contribution is -2.36. The van der Waals surface area contributed by atoms with Crippen molar-refractivity contribution in [3.63, 3.8) is 0 Å². The van der Waals surface area contributed by atoms with E-state index in [-0.39, 0.29) is 11.8 Å². The first-order valence-electron chi connectivity index (χ1n) is 8.45. The molecule has 0 spiro atoms. The zero-order valence-electron chi connectivity index (χ0n) is 14.3. The first-order valence-corrected chi connectivity index (χ1v) is 8.45. The summed E-state index contributed by atoms with van der Waals surface area (Å²) in [6.45, 7) is 0.801. The van der Waals surface area contributed by atoms with Crippen molar-refractivity contribution in [2.45, 2.75) is 13.0 Å². The minimum atomic E-state index is -0.253. The number of hydrogen-bond acceptors (Lipinski definition) is 2. The van der Waals surface area contributed by atoms with Gasteiger partial charge in [-0.15, -0.1) is 0 Å². The zero-order valence-corrected chi connectivity index (χ0v) is 14.3. The van der Waals surface area contributed by atoms with Gasteiger partial charge in [0.15, 0.2) is 0 Å². The third kappa shape index (κ3) is 4.89. The number of aromatic nitrogens is 1. The van der Waals surface area contributed by atoms with E-state index >= 15 is 0 Å². The van der Waals surface area contributed by atoms with Gasteiger partial charge in [0, 0.05) is 31.2 Å². The van der Waals surface area contributed by atoms with Crippen LogP contribution in [0.2, 0.25) is 0 Å². The first kappa shape index (κ1) is 17.6. The number of hydrogen-bond donors (Lipinski definition) is 1. The van der Waals surface area contributed by atoms with Crippen LogP contribution in [-0.4, -0.2) is 22.5 Å². The summed E-state index contributed by atoms with van der Waals surface area (Å²) in [5.41, 5.74) is 2.24. The molecule has 3 rings (SSSR count). The Kier molecular flexibility index (Phi) is 5.93. The molecular formula is C21H20FN3O. The molecule has 0 aliphatic carbocycles. The molecule has 0 fully saturated rings. The fraction of sp³-hybridized carbons (Fsp3) is 0.143. The van der Waals surface area contributed by atoms with Crippen molar-refractivity contribution in [2.24, 2.45) is 0 Å². The number of urea groups is 1. The maximum Gasteiger partial charge on any atom is 0.322 e. The van der Waals surface area contributed by atoms with Crippen LogP contribution in [0.5, 0.6) is 0 Å². The number of amides is 2. The lowest BCUT2D eigenvalue weighted by molar-refractivity contribution is 0.209. The normalized spacial score (nSPS) is 10.3. The SMILES string of the molecule is O=C(Nc1ccccc1)N(CCc1ccccc1F)Cc1cccnc1. The number of halogens is 1. The van der Waals surface area contributed by atoms with Crippen molar-refractivity contribution < 1.29 is 9.18 Å². The maximum atomic E-state index is 13.9. The molecule has 2 aromatic carbocycles. The summed E-state index contributed by atoms with van der Waals surface area (Å²) < 4.78 is 13.9. The van der Waals surface area contributed by atoms with Gasteiger partial charge in [0.1, 0.15) is 5.82 Å². The van der Waals surface area contributed by atoms with Crippen molar-refractivity contribution in [1.82, 2.24) is 9.88 Å². The molecule has 1 N–H and O–H groups in total. The van der Waals surface area contributed by atoms with Crippen LogP contribution in [0, 0.1) is 5.82 Å². The molecule has 0 unspecified atom stereocenters. The molecule has 0 aliphatic heterocycles. The van der Waals surface area contributed by atoms with Gasteiger partial charge in [-0.1, -0.05) is 42.5 Å². The second-order valence-electron chi connectivity index (χ2n) is 5.92. The van der Waals surface area contributed by atoms with Gasteiger partial charge >= 0.3 is 6.03 Å². The van der Waals surface area contributed by atoms with Crippen LogP contribution in [0.1, 0.15) is 11.1 Å².